The molecule has 0 aromatic heterocycles. The Morgan fingerprint density at radius 1 is 1.50 bits per heavy atom. The summed E-state index contributed by atoms with van der Waals surface area (Å²) in [6, 6.07) is 3.80. The molecule has 0 aliphatic rings. The number of alkyl halides is 2. The van der Waals surface area contributed by atoms with Gasteiger partial charge >= 0.3 is 0 Å². The van der Waals surface area contributed by atoms with Crippen LogP contribution in [0.2, 0.25) is 0 Å². The van der Waals surface area contributed by atoms with Crippen LogP contribution in [0.3, 0.4) is 0 Å². The molecular weight excluding hydrogens is 190 g/mol. The zero-order valence-electron chi connectivity index (χ0n) is 7.55. The predicted octanol–water partition coefficient (Wildman–Crippen LogP) is 1.57. The van der Waals surface area contributed by atoms with Crippen LogP contribution >= 0.6 is 0 Å². The van der Waals surface area contributed by atoms with Gasteiger partial charge in [-0.05, 0) is 18.2 Å². The van der Waals surface area contributed by atoms with Crippen molar-refractivity contribution in [2.75, 3.05) is 12.8 Å². The minimum absolute atomic E-state index is 0.00680. The number of nitrogen functional groups attached to an aromatic ring is 1. The molecule has 0 saturated carbocycles. The first-order chi connectivity index (χ1) is 6.56. The standard InChI is InChI=1S/C9H10F2N2O/c1-13-9(14)5-2-3-7(12)6(4-5)8(10)11/h2-4,8H,12H2,1H3,(H,13,14). The van der Waals surface area contributed by atoms with Gasteiger partial charge in [-0.15, -0.1) is 0 Å². The van der Waals surface area contributed by atoms with E-state index in [0.29, 0.717) is 0 Å². The third-order valence-corrected chi connectivity index (χ3v) is 1.81. The fourth-order valence-corrected chi connectivity index (χ4v) is 1.05. The fourth-order valence-electron chi connectivity index (χ4n) is 1.05. The highest BCUT2D eigenvalue weighted by Gasteiger charge is 2.13. The molecule has 3 N–H and O–H groups in total. The molecule has 5 heteroatoms. The Hall–Kier alpha value is -1.65. The first kappa shape index (κ1) is 10.4. The second-order valence-corrected chi connectivity index (χ2v) is 2.72. The van der Waals surface area contributed by atoms with Gasteiger partial charge in [0.25, 0.3) is 12.3 Å². The molecule has 0 aliphatic carbocycles. The van der Waals surface area contributed by atoms with E-state index in [0.717, 1.165) is 6.07 Å². The summed E-state index contributed by atoms with van der Waals surface area (Å²) in [6.45, 7) is 0. The summed E-state index contributed by atoms with van der Waals surface area (Å²) in [5.41, 5.74) is 5.18. The highest BCUT2D eigenvalue weighted by atomic mass is 19.3. The van der Waals surface area contributed by atoms with Crippen LogP contribution in [0, 0.1) is 0 Å². The molecule has 0 heterocycles. The molecule has 0 fully saturated rings. The van der Waals surface area contributed by atoms with Gasteiger partial charge in [-0.25, -0.2) is 8.78 Å². The first-order valence-corrected chi connectivity index (χ1v) is 3.96. The lowest BCUT2D eigenvalue weighted by atomic mass is 10.1. The molecule has 0 bridgehead atoms. The number of rotatable bonds is 2. The normalized spacial score (nSPS) is 10.3. The van der Waals surface area contributed by atoms with Crippen LogP contribution in [-0.2, 0) is 0 Å². The van der Waals surface area contributed by atoms with Crippen LogP contribution < -0.4 is 11.1 Å². The number of hydrogen-bond acceptors (Lipinski definition) is 2. The third-order valence-electron chi connectivity index (χ3n) is 1.81. The Kier molecular flexibility index (Phi) is 3.01. The second-order valence-electron chi connectivity index (χ2n) is 2.72. The second kappa shape index (κ2) is 4.04. The molecule has 1 rings (SSSR count). The molecule has 0 saturated heterocycles. The van der Waals surface area contributed by atoms with E-state index >= 15 is 0 Å². The summed E-state index contributed by atoms with van der Waals surface area (Å²) in [4.78, 5) is 11.1. The molecule has 14 heavy (non-hydrogen) atoms. The minimum Gasteiger partial charge on any atom is -0.398 e. The lowest BCUT2D eigenvalue weighted by molar-refractivity contribution is 0.0962. The van der Waals surface area contributed by atoms with Gasteiger partial charge in [0.15, 0.2) is 0 Å². The minimum atomic E-state index is -2.67. The average Bonchev–Trinajstić information content (AvgIpc) is 2.17. The molecule has 76 valence electrons. The topological polar surface area (TPSA) is 55.1 Å². The largest absolute Gasteiger partial charge is 0.398 e. The van der Waals surface area contributed by atoms with Crippen molar-refractivity contribution in [3.8, 4) is 0 Å². The Balaban J connectivity index is 3.13. The van der Waals surface area contributed by atoms with E-state index in [-0.39, 0.29) is 16.8 Å². The Labute approximate surface area is 79.9 Å². The van der Waals surface area contributed by atoms with E-state index in [2.05, 4.69) is 5.32 Å². The van der Waals surface area contributed by atoms with Crippen molar-refractivity contribution in [2.24, 2.45) is 0 Å². The van der Waals surface area contributed by atoms with E-state index in [1.807, 2.05) is 0 Å². The van der Waals surface area contributed by atoms with Gasteiger partial charge in [-0.2, -0.15) is 0 Å². The zero-order chi connectivity index (χ0) is 10.7. The monoisotopic (exact) mass is 200 g/mol. The van der Waals surface area contributed by atoms with Crippen molar-refractivity contribution in [1.82, 2.24) is 5.32 Å². The summed E-state index contributed by atoms with van der Waals surface area (Å²) >= 11 is 0. The maximum absolute atomic E-state index is 12.4. The number of benzene rings is 1. The van der Waals surface area contributed by atoms with Crippen molar-refractivity contribution in [3.05, 3.63) is 29.3 Å². The maximum atomic E-state index is 12.4. The van der Waals surface area contributed by atoms with E-state index in [4.69, 9.17) is 5.73 Å². The number of nitrogens with two attached hydrogens (primary N) is 1. The SMILES string of the molecule is CNC(=O)c1ccc(N)c(C(F)F)c1. The van der Waals surface area contributed by atoms with Crippen LogP contribution in [0.15, 0.2) is 18.2 Å². The van der Waals surface area contributed by atoms with Gasteiger partial charge in [0, 0.05) is 23.9 Å². The molecular formula is C9H10F2N2O. The molecule has 1 aromatic carbocycles. The summed E-state index contributed by atoms with van der Waals surface area (Å²) in [5, 5.41) is 2.34. The number of anilines is 1. The molecule has 0 atom stereocenters. The quantitative estimate of drug-likeness (QED) is 0.712. The molecule has 0 aliphatic heterocycles. The van der Waals surface area contributed by atoms with Gasteiger partial charge in [-0.1, -0.05) is 0 Å². The highest BCUT2D eigenvalue weighted by molar-refractivity contribution is 5.94. The summed E-state index contributed by atoms with van der Waals surface area (Å²) in [6.07, 6.45) is -2.67. The third kappa shape index (κ3) is 1.99. The molecule has 1 aromatic rings. The van der Waals surface area contributed by atoms with Gasteiger partial charge in [0.2, 0.25) is 0 Å². The van der Waals surface area contributed by atoms with Crippen molar-refractivity contribution in [1.29, 1.82) is 0 Å². The predicted molar refractivity (Wildman–Crippen MR) is 49.2 cm³/mol. The molecule has 3 nitrogen and oxygen atoms in total. The first-order valence-electron chi connectivity index (χ1n) is 3.96. The van der Waals surface area contributed by atoms with Gasteiger partial charge < -0.3 is 11.1 Å². The number of halogens is 2. The average molecular weight is 200 g/mol. The fraction of sp³-hybridized carbons (Fsp3) is 0.222. The van der Waals surface area contributed by atoms with Crippen LogP contribution in [0.5, 0.6) is 0 Å². The van der Waals surface area contributed by atoms with Gasteiger partial charge in [0.05, 0.1) is 0 Å². The lowest BCUT2D eigenvalue weighted by Gasteiger charge is -2.06. The van der Waals surface area contributed by atoms with E-state index in [9.17, 15) is 13.6 Å². The van der Waals surface area contributed by atoms with Gasteiger partial charge in [-0.3, -0.25) is 4.79 Å². The van der Waals surface area contributed by atoms with Crippen molar-refractivity contribution in [2.45, 2.75) is 6.43 Å². The van der Waals surface area contributed by atoms with Crippen molar-refractivity contribution >= 4 is 11.6 Å². The lowest BCUT2D eigenvalue weighted by Crippen LogP contribution is -2.18. The van der Waals surface area contributed by atoms with E-state index in [1.54, 1.807) is 0 Å². The highest BCUT2D eigenvalue weighted by Crippen LogP contribution is 2.25. The summed E-state index contributed by atoms with van der Waals surface area (Å²) < 4.78 is 24.7. The number of amides is 1. The summed E-state index contributed by atoms with van der Waals surface area (Å²) in [5.74, 6) is -0.410. The van der Waals surface area contributed by atoms with E-state index in [1.165, 1.54) is 19.2 Å². The number of carbonyl (C=O) groups excluding carboxylic acids is 1. The van der Waals surface area contributed by atoms with Crippen LogP contribution in [0.1, 0.15) is 22.3 Å². The zero-order valence-corrected chi connectivity index (χ0v) is 7.55. The number of nitrogens with one attached hydrogen (secondary N) is 1. The molecule has 0 spiro atoms. The van der Waals surface area contributed by atoms with Crippen molar-refractivity contribution in [3.63, 3.8) is 0 Å². The van der Waals surface area contributed by atoms with Crippen LogP contribution in [-0.4, -0.2) is 13.0 Å². The summed E-state index contributed by atoms with van der Waals surface area (Å²) in [7, 11) is 1.43. The maximum Gasteiger partial charge on any atom is 0.265 e. The van der Waals surface area contributed by atoms with Gasteiger partial charge in [0.1, 0.15) is 0 Å². The molecule has 0 unspecified atom stereocenters. The molecule has 1 amide bonds. The Morgan fingerprint density at radius 3 is 2.64 bits per heavy atom. The van der Waals surface area contributed by atoms with Crippen LogP contribution in [0.4, 0.5) is 14.5 Å². The number of hydrogen-bond donors (Lipinski definition) is 2. The van der Waals surface area contributed by atoms with Crippen molar-refractivity contribution < 1.29 is 13.6 Å². The number of carbonyl (C=O) groups is 1. The molecule has 0 radical (unpaired) electrons. The smallest absolute Gasteiger partial charge is 0.265 e. The Bertz CT molecular complexity index is 353. The van der Waals surface area contributed by atoms with E-state index < -0.39 is 12.3 Å². The Morgan fingerprint density at radius 2 is 2.14 bits per heavy atom. The van der Waals surface area contributed by atoms with Crippen LogP contribution in [0.25, 0.3) is 0 Å².